The highest BCUT2D eigenvalue weighted by atomic mass is 35.7. The Balaban J connectivity index is 2.87. The first kappa shape index (κ1) is 9.48. The molecular formula is C8H7ClN2O2S. The van der Waals surface area contributed by atoms with Crippen molar-refractivity contribution in [2.45, 2.75) is 11.9 Å². The molecule has 0 saturated carbocycles. The second-order valence-electron chi connectivity index (χ2n) is 2.97. The van der Waals surface area contributed by atoms with Crippen LogP contribution in [0.15, 0.2) is 29.6 Å². The Morgan fingerprint density at radius 2 is 2.14 bits per heavy atom. The Morgan fingerprint density at radius 1 is 1.43 bits per heavy atom. The van der Waals surface area contributed by atoms with Crippen molar-refractivity contribution in [1.82, 2.24) is 9.38 Å². The summed E-state index contributed by atoms with van der Waals surface area (Å²) in [4.78, 5) is 3.93. The molecule has 0 aliphatic carbocycles. The first-order valence-corrected chi connectivity index (χ1v) is 6.18. The highest BCUT2D eigenvalue weighted by molar-refractivity contribution is 8.13. The first-order chi connectivity index (χ1) is 6.48. The van der Waals surface area contributed by atoms with Crippen LogP contribution in [0.5, 0.6) is 0 Å². The zero-order valence-corrected chi connectivity index (χ0v) is 8.88. The zero-order chi connectivity index (χ0) is 10.3. The molecule has 6 heteroatoms. The molecule has 2 heterocycles. The van der Waals surface area contributed by atoms with Crippen LogP contribution in [0.3, 0.4) is 0 Å². The largest absolute Gasteiger partial charge is 0.289 e. The average molecular weight is 231 g/mol. The van der Waals surface area contributed by atoms with Gasteiger partial charge in [-0.2, -0.15) is 0 Å². The molecule has 74 valence electrons. The van der Waals surface area contributed by atoms with E-state index in [9.17, 15) is 8.42 Å². The van der Waals surface area contributed by atoms with Crippen molar-refractivity contribution in [3.05, 3.63) is 30.1 Å². The van der Waals surface area contributed by atoms with Crippen molar-refractivity contribution in [3.8, 4) is 0 Å². The predicted octanol–water partition coefficient (Wildman–Crippen LogP) is 1.57. The normalized spacial score (nSPS) is 12.1. The maximum Gasteiger partial charge on any atom is 0.278 e. The van der Waals surface area contributed by atoms with E-state index in [1.807, 2.05) is 13.0 Å². The molecule has 0 saturated heterocycles. The van der Waals surface area contributed by atoms with Crippen molar-refractivity contribution >= 4 is 25.4 Å². The fourth-order valence-electron chi connectivity index (χ4n) is 1.24. The molecule has 0 spiro atoms. The summed E-state index contributed by atoms with van der Waals surface area (Å²) >= 11 is 0. The number of aryl methyl sites for hydroxylation is 1. The quantitative estimate of drug-likeness (QED) is 0.699. The standard InChI is InChI=1S/C8H7ClN2O2S/c1-6-2-3-7-10-4-8(11(7)5-6)14(9,12)13/h2-5H,1H3. The number of fused-ring (bicyclic) bond motifs is 1. The van der Waals surface area contributed by atoms with Gasteiger partial charge in [-0.3, -0.25) is 4.40 Å². The highest BCUT2D eigenvalue weighted by Gasteiger charge is 2.15. The molecule has 0 aliphatic heterocycles. The Bertz CT molecular complexity index is 588. The molecule has 0 atom stereocenters. The molecule has 0 N–H and O–H groups in total. The van der Waals surface area contributed by atoms with Crippen LogP contribution in [0.25, 0.3) is 5.65 Å². The Morgan fingerprint density at radius 3 is 2.79 bits per heavy atom. The van der Waals surface area contributed by atoms with Crippen molar-refractivity contribution in [2.24, 2.45) is 0 Å². The highest BCUT2D eigenvalue weighted by Crippen LogP contribution is 2.17. The fourth-order valence-corrected chi connectivity index (χ4v) is 2.15. The maximum absolute atomic E-state index is 11.1. The van der Waals surface area contributed by atoms with Crippen LogP contribution in [0.2, 0.25) is 0 Å². The van der Waals surface area contributed by atoms with Gasteiger partial charge >= 0.3 is 0 Å². The number of halogens is 1. The summed E-state index contributed by atoms with van der Waals surface area (Å²) in [7, 11) is 1.51. The van der Waals surface area contributed by atoms with Crippen LogP contribution in [0.4, 0.5) is 0 Å². The smallest absolute Gasteiger partial charge is 0.278 e. The van der Waals surface area contributed by atoms with Crippen molar-refractivity contribution in [2.75, 3.05) is 0 Å². The van der Waals surface area contributed by atoms with E-state index < -0.39 is 9.05 Å². The van der Waals surface area contributed by atoms with Crippen molar-refractivity contribution < 1.29 is 8.42 Å². The van der Waals surface area contributed by atoms with Gasteiger partial charge in [0.05, 0.1) is 6.20 Å². The topological polar surface area (TPSA) is 51.4 Å². The Labute approximate surface area is 85.6 Å². The van der Waals surface area contributed by atoms with Gasteiger partial charge in [0.2, 0.25) is 0 Å². The molecule has 0 radical (unpaired) electrons. The molecule has 0 aromatic carbocycles. The van der Waals surface area contributed by atoms with E-state index in [0.29, 0.717) is 5.65 Å². The van der Waals surface area contributed by atoms with Gasteiger partial charge in [0, 0.05) is 16.9 Å². The van der Waals surface area contributed by atoms with E-state index in [-0.39, 0.29) is 5.03 Å². The van der Waals surface area contributed by atoms with E-state index in [1.54, 1.807) is 12.3 Å². The molecular weight excluding hydrogens is 224 g/mol. The lowest BCUT2D eigenvalue weighted by Crippen LogP contribution is -1.96. The molecule has 0 unspecified atom stereocenters. The second-order valence-corrected chi connectivity index (χ2v) is 5.48. The van der Waals surface area contributed by atoms with Crippen LogP contribution < -0.4 is 0 Å². The van der Waals surface area contributed by atoms with Gasteiger partial charge in [0.25, 0.3) is 9.05 Å². The summed E-state index contributed by atoms with van der Waals surface area (Å²) in [5.74, 6) is 0. The van der Waals surface area contributed by atoms with Gasteiger partial charge < -0.3 is 0 Å². The minimum atomic E-state index is -3.73. The lowest BCUT2D eigenvalue weighted by molar-refractivity contribution is 0.605. The number of rotatable bonds is 1. The summed E-state index contributed by atoms with van der Waals surface area (Å²) in [6.07, 6.45) is 2.93. The third-order valence-electron chi connectivity index (χ3n) is 1.87. The van der Waals surface area contributed by atoms with Crippen LogP contribution in [-0.4, -0.2) is 17.8 Å². The number of aromatic nitrogens is 2. The molecule has 2 aromatic rings. The van der Waals surface area contributed by atoms with Gasteiger partial charge in [-0.1, -0.05) is 6.07 Å². The third-order valence-corrected chi connectivity index (χ3v) is 3.15. The predicted molar refractivity (Wildman–Crippen MR) is 53.0 cm³/mol. The summed E-state index contributed by atoms with van der Waals surface area (Å²) in [6.45, 7) is 1.87. The Kier molecular flexibility index (Phi) is 2.01. The van der Waals surface area contributed by atoms with Gasteiger partial charge in [0.1, 0.15) is 5.65 Å². The molecule has 0 fully saturated rings. The van der Waals surface area contributed by atoms with E-state index in [2.05, 4.69) is 4.98 Å². The van der Waals surface area contributed by atoms with Gasteiger partial charge in [-0.05, 0) is 18.6 Å². The van der Waals surface area contributed by atoms with Crippen LogP contribution in [0, 0.1) is 6.92 Å². The number of nitrogens with zero attached hydrogens (tertiary/aromatic N) is 2. The molecule has 14 heavy (non-hydrogen) atoms. The summed E-state index contributed by atoms with van der Waals surface area (Å²) in [5.41, 5.74) is 1.51. The third kappa shape index (κ3) is 1.49. The first-order valence-electron chi connectivity index (χ1n) is 3.87. The van der Waals surface area contributed by atoms with Crippen molar-refractivity contribution in [3.63, 3.8) is 0 Å². The zero-order valence-electron chi connectivity index (χ0n) is 7.31. The maximum atomic E-state index is 11.1. The minimum absolute atomic E-state index is 0.00198. The molecule has 0 amide bonds. The number of pyridine rings is 1. The second kappa shape index (κ2) is 2.96. The number of imidazole rings is 1. The van der Waals surface area contributed by atoms with Gasteiger partial charge in [-0.25, -0.2) is 13.4 Å². The van der Waals surface area contributed by atoms with E-state index in [1.165, 1.54) is 10.6 Å². The molecule has 0 bridgehead atoms. The lowest BCUT2D eigenvalue weighted by Gasteiger charge is -1.98. The SMILES string of the molecule is Cc1ccc2ncc(S(=O)(=O)Cl)n2c1. The fraction of sp³-hybridized carbons (Fsp3) is 0.125. The van der Waals surface area contributed by atoms with Crippen LogP contribution >= 0.6 is 10.7 Å². The summed E-state index contributed by atoms with van der Waals surface area (Å²) < 4.78 is 23.7. The number of hydrogen-bond donors (Lipinski definition) is 0. The summed E-state index contributed by atoms with van der Waals surface area (Å²) in [5, 5.41) is -0.00198. The number of hydrogen-bond acceptors (Lipinski definition) is 3. The average Bonchev–Trinajstić information content (AvgIpc) is 2.45. The van der Waals surface area contributed by atoms with E-state index >= 15 is 0 Å². The van der Waals surface area contributed by atoms with Crippen molar-refractivity contribution in [1.29, 1.82) is 0 Å². The van der Waals surface area contributed by atoms with E-state index in [4.69, 9.17) is 10.7 Å². The van der Waals surface area contributed by atoms with Gasteiger partial charge in [0.15, 0.2) is 5.03 Å². The monoisotopic (exact) mass is 230 g/mol. The molecule has 2 rings (SSSR count). The van der Waals surface area contributed by atoms with E-state index in [0.717, 1.165) is 5.56 Å². The van der Waals surface area contributed by atoms with Crippen LogP contribution in [0.1, 0.15) is 5.56 Å². The Hall–Kier alpha value is -1.07. The summed E-state index contributed by atoms with van der Waals surface area (Å²) in [6, 6.07) is 3.59. The lowest BCUT2D eigenvalue weighted by atomic mass is 10.3. The molecule has 2 aromatic heterocycles. The minimum Gasteiger partial charge on any atom is -0.289 e. The molecule has 4 nitrogen and oxygen atoms in total. The van der Waals surface area contributed by atoms with Crippen LogP contribution in [-0.2, 0) is 9.05 Å². The molecule has 0 aliphatic rings. The van der Waals surface area contributed by atoms with Gasteiger partial charge in [-0.15, -0.1) is 0 Å².